The van der Waals surface area contributed by atoms with Crippen molar-refractivity contribution in [2.45, 2.75) is 24.2 Å². The summed E-state index contributed by atoms with van der Waals surface area (Å²) in [5.74, 6) is -0.0583. The van der Waals surface area contributed by atoms with E-state index in [0.717, 1.165) is 24.8 Å². The second kappa shape index (κ2) is 9.56. The van der Waals surface area contributed by atoms with E-state index in [4.69, 9.17) is 9.88 Å². The van der Waals surface area contributed by atoms with Gasteiger partial charge in [0.1, 0.15) is 5.82 Å². The third-order valence-corrected chi connectivity index (χ3v) is 7.10. The van der Waals surface area contributed by atoms with Gasteiger partial charge in [-0.25, -0.2) is 17.9 Å². The van der Waals surface area contributed by atoms with E-state index in [0.29, 0.717) is 56.6 Å². The molecule has 4 rings (SSSR count). The number of sulfonamides is 1. The van der Waals surface area contributed by atoms with Crippen LogP contribution in [0.15, 0.2) is 47.4 Å². The molecule has 2 heterocycles. The number of likely N-dealkylation sites (tertiary alicyclic amines) is 1. The largest absolute Gasteiger partial charge is 0.378 e. The standard InChI is InChI=1S/C23H28FN3O4S/c24-19-3-1-2-18(15-19)14-17-6-8-27(9-7-17)23(28)21-16-20(32(25,29)30)4-5-22(21)26-10-12-31-13-11-26/h1-5,15-17H,6-14H2,(H2,25,29,30). The van der Waals surface area contributed by atoms with Crippen molar-refractivity contribution in [1.29, 1.82) is 0 Å². The van der Waals surface area contributed by atoms with Crippen LogP contribution in [0.25, 0.3) is 0 Å². The molecule has 7 nitrogen and oxygen atoms in total. The van der Waals surface area contributed by atoms with E-state index >= 15 is 0 Å². The predicted molar refractivity (Wildman–Crippen MR) is 120 cm³/mol. The molecule has 2 fully saturated rings. The van der Waals surface area contributed by atoms with Gasteiger partial charge in [0.15, 0.2) is 0 Å². The highest BCUT2D eigenvalue weighted by atomic mass is 32.2. The number of nitrogens with zero attached hydrogens (tertiary/aromatic N) is 2. The van der Waals surface area contributed by atoms with Gasteiger partial charge < -0.3 is 14.5 Å². The van der Waals surface area contributed by atoms with Gasteiger partial charge in [0.05, 0.1) is 23.7 Å². The van der Waals surface area contributed by atoms with E-state index in [1.54, 1.807) is 23.1 Å². The van der Waals surface area contributed by atoms with Gasteiger partial charge in [-0.05, 0) is 61.1 Å². The van der Waals surface area contributed by atoms with Crippen LogP contribution in [0.4, 0.5) is 10.1 Å². The molecule has 2 saturated heterocycles. The molecule has 32 heavy (non-hydrogen) atoms. The Labute approximate surface area is 188 Å². The summed E-state index contributed by atoms with van der Waals surface area (Å²) in [5.41, 5.74) is 2.01. The van der Waals surface area contributed by atoms with Crippen LogP contribution in [0.2, 0.25) is 0 Å². The molecule has 0 saturated carbocycles. The third-order valence-electron chi connectivity index (χ3n) is 6.19. The summed E-state index contributed by atoms with van der Waals surface area (Å²) < 4.78 is 42.7. The fourth-order valence-corrected chi connectivity index (χ4v) is 4.99. The number of amides is 1. The average molecular weight is 462 g/mol. The summed E-state index contributed by atoms with van der Waals surface area (Å²) in [5, 5.41) is 5.32. The summed E-state index contributed by atoms with van der Waals surface area (Å²) in [6, 6.07) is 11.1. The number of morpholine rings is 1. The topological polar surface area (TPSA) is 92.9 Å². The number of nitrogens with two attached hydrogens (primary N) is 1. The highest BCUT2D eigenvalue weighted by molar-refractivity contribution is 7.89. The highest BCUT2D eigenvalue weighted by Crippen LogP contribution is 2.29. The second-order valence-electron chi connectivity index (χ2n) is 8.39. The maximum Gasteiger partial charge on any atom is 0.256 e. The number of benzene rings is 2. The van der Waals surface area contributed by atoms with Crippen molar-refractivity contribution >= 4 is 21.6 Å². The SMILES string of the molecule is NS(=O)(=O)c1ccc(N2CCOCC2)c(C(=O)N2CCC(Cc3cccc(F)c3)CC2)c1. The first kappa shape index (κ1) is 22.7. The van der Waals surface area contributed by atoms with Crippen molar-refractivity contribution in [2.75, 3.05) is 44.3 Å². The van der Waals surface area contributed by atoms with Crippen LogP contribution < -0.4 is 10.0 Å². The lowest BCUT2D eigenvalue weighted by Gasteiger charge is -2.35. The smallest absolute Gasteiger partial charge is 0.256 e. The van der Waals surface area contributed by atoms with Crippen LogP contribution in [0, 0.1) is 11.7 Å². The lowest BCUT2D eigenvalue weighted by molar-refractivity contribution is 0.0690. The Hall–Kier alpha value is -2.49. The van der Waals surface area contributed by atoms with Gasteiger partial charge in [-0.3, -0.25) is 4.79 Å². The molecule has 0 atom stereocenters. The summed E-state index contributed by atoms with van der Waals surface area (Å²) in [7, 11) is -3.93. The molecule has 9 heteroatoms. The fraction of sp³-hybridized carbons (Fsp3) is 0.435. The molecule has 2 aromatic rings. The number of hydrogen-bond acceptors (Lipinski definition) is 5. The van der Waals surface area contributed by atoms with Gasteiger partial charge in [0, 0.05) is 31.9 Å². The number of hydrogen-bond donors (Lipinski definition) is 1. The molecule has 2 aliphatic heterocycles. The Kier molecular flexibility index (Phi) is 6.78. The van der Waals surface area contributed by atoms with Gasteiger partial charge in [0.25, 0.3) is 5.91 Å². The van der Waals surface area contributed by atoms with E-state index in [1.165, 1.54) is 18.2 Å². The van der Waals surface area contributed by atoms with Gasteiger partial charge in [-0.2, -0.15) is 0 Å². The van der Waals surface area contributed by atoms with Gasteiger partial charge in [-0.1, -0.05) is 12.1 Å². The highest BCUT2D eigenvalue weighted by Gasteiger charge is 2.28. The first-order chi connectivity index (χ1) is 15.3. The molecule has 0 unspecified atom stereocenters. The van der Waals surface area contributed by atoms with E-state index in [2.05, 4.69) is 0 Å². The summed E-state index contributed by atoms with van der Waals surface area (Å²) in [6.07, 6.45) is 2.40. The maximum absolute atomic E-state index is 13.5. The molecule has 0 spiro atoms. The number of primary sulfonamides is 1. The quantitative estimate of drug-likeness (QED) is 0.738. The number of halogens is 1. The van der Waals surface area contributed by atoms with Crippen LogP contribution in [0.1, 0.15) is 28.8 Å². The van der Waals surface area contributed by atoms with Crippen LogP contribution in [-0.4, -0.2) is 58.6 Å². The number of ether oxygens (including phenoxy) is 1. The van der Waals surface area contributed by atoms with Crippen LogP contribution in [0.3, 0.4) is 0 Å². The third kappa shape index (κ3) is 5.28. The van der Waals surface area contributed by atoms with Gasteiger partial charge in [-0.15, -0.1) is 0 Å². The molecule has 0 radical (unpaired) electrons. The summed E-state index contributed by atoms with van der Waals surface area (Å²) in [4.78, 5) is 17.2. The van der Waals surface area contributed by atoms with E-state index in [9.17, 15) is 17.6 Å². The number of carbonyl (C=O) groups is 1. The number of carbonyl (C=O) groups excluding carboxylic acids is 1. The number of rotatable bonds is 5. The first-order valence-electron chi connectivity index (χ1n) is 10.8. The van der Waals surface area contributed by atoms with Crippen molar-refractivity contribution < 1.29 is 22.3 Å². The van der Waals surface area contributed by atoms with Crippen molar-refractivity contribution in [1.82, 2.24) is 4.90 Å². The average Bonchev–Trinajstić information content (AvgIpc) is 2.79. The van der Waals surface area contributed by atoms with Crippen molar-refractivity contribution in [3.63, 3.8) is 0 Å². The molecule has 0 aliphatic carbocycles. The lowest BCUT2D eigenvalue weighted by Crippen LogP contribution is -2.41. The number of anilines is 1. The monoisotopic (exact) mass is 461 g/mol. The molecule has 172 valence electrons. The van der Waals surface area contributed by atoms with Gasteiger partial charge >= 0.3 is 0 Å². The van der Waals surface area contributed by atoms with Crippen LogP contribution >= 0.6 is 0 Å². The van der Waals surface area contributed by atoms with Crippen LogP contribution in [0.5, 0.6) is 0 Å². The fourth-order valence-electron chi connectivity index (χ4n) is 4.45. The maximum atomic E-state index is 13.5. The molecule has 2 aliphatic rings. The Bertz CT molecular complexity index is 1080. The molecular formula is C23H28FN3O4S. The molecule has 1 amide bonds. The van der Waals surface area contributed by atoms with Crippen LogP contribution in [-0.2, 0) is 21.2 Å². The zero-order valence-electron chi connectivity index (χ0n) is 17.9. The van der Waals surface area contributed by atoms with Gasteiger partial charge in [0.2, 0.25) is 10.0 Å². The minimum atomic E-state index is -3.93. The zero-order chi connectivity index (χ0) is 22.7. The molecule has 2 N–H and O–H groups in total. The number of piperidine rings is 1. The van der Waals surface area contributed by atoms with E-state index in [-0.39, 0.29) is 16.6 Å². The summed E-state index contributed by atoms with van der Waals surface area (Å²) >= 11 is 0. The molecule has 2 aromatic carbocycles. The Morgan fingerprint density at radius 2 is 1.78 bits per heavy atom. The normalized spacial score (nSPS) is 18.1. The van der Waals surface area contributed by atoms with Crippen molar-refractivity contribution in [3.05, 3.63) is 59.4 Å². The first-order valence-corrected chi connectivity index (χ1v) is 12.4. The van der Waals surface area contributed by atoms with E-state index < -0.39 is 10.0 Å². The lowest BCUT2D eigenvalue weighted by atomic mass is 9.90. The Balaban J connectivity index is 1.50. The molecule has 0 bridgehead atoms. The molecule has 0 aromatic heterocycles. The minimum absolute atomic E-state index is 0.0705. The van der Waals surface area contributed by atoms with E-state index in [1.807, 2.05) is 11.0 Å². The Morgan fingerprint density at radius 3 is 2.44 bits per heavy atom. The summed E-state index contributed by atoms with van der Waals surface area (Å²) in [6.45, 7) is 3.50. The minimum Gasteiger partial charge on any atom is -0.378 e. The van der Waals surface area contributed by atoms with Crippen molar-refractivity contribution in [3.8, 4) is 0 Å². The zero-order valence-corrected chi connectivity index (χ0v) is 18.7. The van der Waals surface area contributed by atoms with Crippen molar-refractivity contribution in [2.24, 2.45) is 11.1 Å². The Morgan fingerprint density at radius 1 is 1.06 bits per heavy atom. The predicted octanol–water partition coefficient (Wildman–Crippen LogP) is 2.40. The second-order valence-corrected chi connectivity index (χ2v) is 9.95. The molecular weight excluding hydrogens is 433 g/mol.